The number of fused-ring (bicyclic) bond motifs is 6. The van der Waals surface area contributed by atoms with Gasteiger partial charge in [-0.15, -0.1) is 0 Å². The second-order valence-electron chi connectivity index (χ2n) is 5.83. The van der Waals surface area contributed by atoms with E-state index in [0.29, 0.717) is 27.5 Å². The molecule has 0 radical (unpaired) electrons. The van der Waals surface area contributed by atoms with E-state index in [4.69, 9.17) is 0 Å². The molecule has 0 saturated carbocycles. The van der Waals surface area contributed by atoms with E-state index in [1.807, 2.05) is 24.3 Å². The summed E-state index contributed by atoms with van der Waals surface area (Å²) in [4.78, 5) is 4.33. The van der Waals surface area contributed by atoms with Crippen LogP contribution < -0.4 is 0 Å². The van der Waals surface area contributed by atoms with Gasteiger partial charge in [-0.25, -0.2) is 13.8 Å². The molecule has 4 heteroatoms. The molecule has 4 aromatic rings. The van der Waals surface area contributed by atoms with E-state index in [1.54, 1.807) is 24.5 Å². The van der Waals surface area contributed by atoms with Crippen LogP contribution in [0.25, 0.3) is 27.3 Å². The average Bonchev–Trinajstić information content (AvgIpc) is 2.96. The fourth-order valence-electron chi connectivity index (χ4n) is 3.10. The molecule has 0 unspecified atom stereocenters. The molecule has 0 N–H and O–H groups in total. The van der Waals surface area contributed by atoms with Crippen LogP contribution in [-0.4, -0.2) is 9.38 Å². The number of aromatic nitrogens is 2. The van der Waals surface area contributed by atoms with E-state index in [0.717, 1.165) is 5.39 Å². The Morgan fingerprint density at radius 3 is 2.64 bits per heavy atom. The fraction of sp³-hybridized carbons (Fsp3) is 0.167. The summed E-state index contributed by atoms with van der Waals surface area (Å²) >= 11 is 0. The first-order chi connectivity index (χ1) is 10.6. The maximum Gasteiger partial charge on any atom is 0.145 e. The highest BCUT2D eigenvalue weighted by molar-refractivity contribution is 6.12. The Morgan fingerprint density at radius 2 is 1.86 bits per heavy atom. The van der Waals surface area contributed by atoms with Gasteiger partial charge in [0.1, 0.15) is 17.3 Å². The number of hydrogen-bond donors (Lipinski definition) is 0. The molecule has 4 rings (SSSR count). The zero-order chi connectivity index (χ0) is 15.4. The normalized spacial score (nSPS) is 12.0. The largest absolute Gasteiger partial charge is 0.299 e. The average molecular weight is 296 g/mol. The van der Waals surface area contributed by atoms with Crippen molar-refractivity contribution >= 4 is 27.3 Å². The van der Waals surface area contributed by atoms with Gasteiger partial charge in [0.2, 0.25) is 0 Å². The van der Waals surface area contributed by atoms with Crippen LogP contribution in [0.1, 0.15) is 25.3 Å². The van der Waals surface area contributed by atoms with Crippen molar-refractivity contribution in [2.45, 2.75) is 19.8 Å². The highest BCUT2D eigenvalue weighted by Gasteiger charge is 2.17. The molecule has 2 heterocycles. The van der Waals surface area contributed by atoms with E-state index in [9.17, 15) is 4.39 Å². The van der Waals surface area contributed by atoms with Gasteiger partial charge in [0.25, 0.3) is 0 Å². The lowest BCUT2D eigenvalue weighted by Gasteiger charge is -2.13. The molecule has 0 spiro atoms. The van der Waals surface area contributed by atoms with Crippen molar-refractivity contribution in [3.63, 3.8) is 0 Å². The van der Waals surface area contributed by atoms with Crippen molar-refractivity contribution in [1.82, 2.24) is 9.38 Å². The molecule has 2 aromatic carbocycles. The topological polar surface area (TPSA) is 17.3 Å². The van der Waals surface area contributed by atoms with Crippen molar-refractivity contribution in [2.24, 2.45) is 0 Å². The van der Waals surface area contributed by atoms with Gasteiger partial charge in [0, 0.05) is 28.6 Å². The standard InChI is InChI=1S/C18H14F2N2/c1-10(2)12-5-6-15-16(17(12)20)14-9-11(19)3-4-13(14)18-21-7-8-22(15)18/h3-10H,1-2H3. The van der Waals surface area contributed by atoms with Crippen LogP contribution in [0.15, 0.2) is 42.7 Å². The van der Waals surface area contributed by atoms with E-state index in [1.165, 1.54) is 12.1 Å². The third-order valence-electron chi connectivity index (χ3n) is 4.16. The van der Waals surface area contributed by atoms with Gasteiger partial charge in [-0.05, 0) is 35.7 Å². The minimum atomic E-state index is -0.376. The maximum absolute atomic E-state index is 15.1. The summed E-state index contributed by atoms with van der Waals surface area (Å²) < 4.78 is 30.6. The molecule has 2 aromatic heterocycles. The quantitative estimate of drug-likeness (QED) is 0.450. The number of benzene rings is 2. The summed E-state index contributed by atoms with van der Waals surface area (Å²) in [7, 11) is 0. The molecule has 0 saturated heterocycles. The van der Waals surface area contributed by atoms with Gasteiger partial charge in [-0.2, -0.15) is 0 Å². The van der Waals surface area contributed by atoms with Crippen molar-refractivity contribution in [1.29, 1.82) is 0 Å². The number of rotatable bonds is 1. The van der Waals surface area contributed by atoms with Crippen LogP contribution in [-0.2, 0) is 0 Å². The van der Waals surface area contributed by atoms with Crippen LogP contribution in [0.2, 0.25) is 0 Å². The lowest BCUT2D eigenvalue weighted by atomic mass is 9.97. The number of hydrogen-bond acceptors (Lipinski definition) is 1. The number of halogens is 2. The highest BCUT2D eigenvalue weighted by Crippen LogP contribution is 2.34. The maximum atomic E-state index is 15.1. The first kappa shape index (κ1) is 13.2. The summed E-state index contributed by atoms with van der Waals surface area (Å²) in [5.74, 6) is -0.593. The van der Waals surface area contributed by atoms with Crippen LogP contribution in [0.3, 0.4) is 0 Å². The van der Waals surface area contributed by atoms with Crippen molar-refractivity contribution in [2.75, 3.05) is 0 Å². The van der Waals surface area contributed by atoms with E-state index in [2.05, 4.69) is 4.98 Å². The summed E-state index contributed by atoms with van der Waals surface area (Å²) in [6, 6.07) is 8.11. The zero-order valence-corrected chi connectivity index (χ0v) is 12.3. The summed E-state index contributed by atoms with van der Waals surface area (Å²) in [6.07, 6.45) is 3.47. The molecular weight excluding hydrogens is 282 g/mol. The third-order valence-corrected chi connectivity index (χ3v) is 4.16. The minimum absolute atomic E-state index is 0.0616. The predicted molar refractivity (Wildman–Crippen MR) is 84.2 cm³/mol. The molecular formula is C18H14F2N2. The summed E-state index contributed by atoms with van der Waals surface area (Å²) in [5, 5.41) is 1.76. The third kappa shape index (κ3) is 1.67. The number of imidazole rings is 1. The first-order valence-corrected chi connectivity index (χ1v) is 7.24. The highest BCUT2D eigenvalue weighted by atomic mass is 19.1. The first-order valence-electron chi connectivity index (χ1n) is 7.24. The Morgan fingerprint density at radius 1 is 1.05 bits per heavy atom. The van der Waals surface area contributed by atoms with Crippen LogP contribution >= 0.6 is 0 Å². The molecule has 110 valence electrons. The lowest BCUT2D eigenvalue weighted by molar-refractivity contribution is 0.610. The molecule has 0 atom stereocenters. The van der Waals surface area contributed by atoms with Crippen LogP contribution in [0.4, 0.5) is 8.78 Å². The molecule has 0 aliphatic carbocycles. The van der Waals surface area contributed by atoms with Gasteiger partial charge < -0.3 is 0 Å². The molecule has 22 heavy (non-hydrogen) atoms. The van der Waals surface area contributed by atoms with Crippen molar-refractivity contribution in [3.05, 3.63) is 59.9 Å². The van der Waals surface area contributed by atoms with Crippen LogP contribution in [0, 0.1) is 11.6 Å². The smallest absolute Gasteiger partial charge is 0.145 e. The fourth-order valence-corrected chi connectivity index (χ4v) is 3.10. The van der Waals surface area contributed by atoms with E-state index >= 15 is 4.39 Å². The minimum Gasteiger partial charge on any atom is -0.299 e. The van der Waals surface area contributed by atoms with Crippen molar-refractivity contribution in [3.8, 4) is 0 Å². The van der Waals surface area contributed by atoms with Gasteiger partial charge >= 0.3 is 0 Å². The monoisotopic (exact) mass is 296 g/mol. The Labute approximate surface area is 126 Å². The Balaban J connectivity index is 2.35. The van der Waals surface area contributed by atoms with Gasteiger partial charge in [0.05, 0.1) is 5.52 Å². The SMILES string of the molecule is CC(C)c1ccc2c(c1F)c1cc(F)ccc1c1nccn21. The molecule has 0 aliphatic rings. The van der Waals surface area contributed by atoms with E-state index in [-0.39, 0.29) is 17.6 Å². The summed E-state index contributed by atoms with van der Waals surface area (Å²) in [6.45, 7) is 3.89. The second kappa shape index (κ2) is 4.50. The van der Waals surface area contributed by atoms with Crippen LogP contribution in [0.5, 0.6) is 0 Å². The van der Waals surface area contributed by atoms with Gasteiger partial charge in [-0.3, -0.25) is 4.40 Å². The predicted octanol–water partition coefficient (Wildman–Crippen LogP) is 5.04. The number of nitrogens with zero attached hydrogens (tertiary/aromatic N) is 2. The van der Waals surface area contributed by atoms with Gasteiger partial charge in [-0.1, -0.05) is 19.9 Å². The molecule has 0 bridgehead atoms. The zero-order valence-electron chi connectivity index (χ0n) is 12.3. The second-order valence-corrected chi connectivity index (χ2v) is 5.83. The molecule has 0 aliphatic heterocycles. The Hall–Kier alpha value is -2.49. The Bertz CT molecular complexity index is 1030. The van der Waals surface area contributed by atoms with Gasteiger partial charge in [0.15, 0.2) is 0 Å². The molecule has 0 fully saturated rings. The molecule has 0 amide bonds. The molecule has 2 nitrogen and oxygen atoms in total. The van der Waals surface area contributed by atoms with Crippen molar-refractivity contribution < 1.29 is 8.78 Å². The lowest BCUT2D eigenvalue weighted by Crippen LogP contribution is -1.98. The number of pyridine rings is 1. The Kier molecular flexibility index (Phi) is 2.70. The summed E-state index contributed by atoms with van der Waals surface area (Å²) in [5.41, 5.74) is 2.05. The van der Waals surface area contributed by atoms with E-state index < -0.39 is 0 Å².